The van der Waals surface area contributed by atoms with Gasteiger partial charge in [-0.1, -0.05) is 30.3 Å². The van der Waals surface area contributed by atoms with Gasteiger partial charge < -0.3 is 0 Å². The molecule has 0 aromatic heterocycles. The van der Waals surface area contributed by atoms with Crippen LogP contribution in [0.2, 0.25) is 0 Å². The van der Waals surface area contributed by atoms with Crippen molar-refractivity contribution < 1.29 is 16.8 Å². The largest absolute Gasteiger partial charge is 0.281 e. The summed E-state index contributed by atoms with van der Waals surface area (Å²) >= 11 is 0. The lowest BCUT2D eigenvalue weighted by Crippen LogP contribution is -2.42. The quantitative estimate of drug-likeness (QED) is 0.757. The van der Waals surface area contributed by atoms with Gasteiger partial charge in [0.15, 0.2) is 0 Å². The molecule has 23 heavy (non-hydrogen) atoms. The first-order chi connectivity index (χ1) is 10.7. The van der Waals surface area contributed by atoms with Gasteiger partial charge >= 0.3 is 0 Å². The highest BCUT2D eigenvalue weighted by atomic mass is 32.2. The van der Waals surface area contributed by atoms with E-state index in [0.29, 0.717) is 19.5 Å². The Morgan fingerprint density at radius 2 is 1.48 bits per heavy atom. The average molecular weight is 361 g/mol. The van der Waals surface area contributed by atoms with Crippen LogP contribution >= 0.6 is 0 Å². The van der Waals surface area contributed by atoms with E-state index < -0.39 is 20.2 Å². The molecule has 0 atom stereocenters. The summed E-state index contributed by atoms with van der Waals surface area (Å²) in [6.07, 6.45) is 0.487. The standard InChI is InChI=1S/C14H23N3O4S2/c1-15(2)23(20,21)17-10-6-9-16(11-12-17)22(18,19)13-14-7-4-3-5-8-14/h3-5,7-8H,6,9-13H2,1-2H3. The molecule has 1 aromatic carbocycles. The van der Waals surface area contributed by atoms with Crippen LogP contribution in [0.15, 0.2) is 30.3 Å². The van der Waals surface area contributed by atoms with Crippen molar-refractivity contribution in [1.82, 2.24) is 12.9 Å². The summed E-state index contributed by atoms with van der Waals surface area (Å²) in [5, 5.41) is 0. The molecule has 0 radical (unpaired) electrons. The van der Waals surface area contributed by atoms with E-state index in [1.807, 2.05) is 6.07 Å². The fourth-order valence-corrected chi connectivity index (χ4v) is 5.18. The highest BCUT2D eigenvalue weighted by molar-refractivity contribution is 7.88. The van der Waals surface area contributed by atoms with Crippen molar-refractivity contribution in [3.8, 4) is 0 Å². The van der Waals surface area contributed by atoms with Gasteiger partial charge in [0.25, 0.3) is 10.2 Å². The molecule has 2 rings (SSSR count). The maximum atomic E-state index is 12.5. The molecule has 0 spiro atoms. The lowest BCUT2D eigenvalue weighted by Gasteiger charge is -2.24. The van der Waals surface area contributed by atoms with Crippen molar-refractivity contribution in [2.75, 3.05) is 40.3 Å². The van der Waals surface area contributed by atoms with Crippen molar-refractivity contribution in [1.29, 1.82) is 0 Å². The number of nitrogens with zero attached hydrogens (tertiary/aromatic N) is 3. The fraction of sp³-hybridized carbons (Fsp3) is 0.571. The second kappa shape index (κ2) is 7.27. The van der Waals surface area contributed by atoms with Crippen molar-refractivity contribution >= 4 is 20.2 Å². The molecule has 7 nitrogen and oxygen atoms in total. The molecule has 0 unspecified atom stereocenters. The molecule has 1 aliphatic rings. The van der Waals surface area contributed by atoms with E-state index in [-0.39, 0.29) is 18.8 Å². The molecule has 1 aliphatic heterocycles. The zero-order chi connectivity index (χ0) is 17.1. The maximum Gasteiger partial charge on any atom is 0.281 e. The Hall–Kier alpha value is -1.00. The van der Waals surface area contributed by atoms with Gasteiger partial charge in [-0.25, -0.2) is 12.7 Å². The summed E-state index contributed by atoms with van der Waals surface area (Å²) < 4.78 is 53.3. The molecule has 1 saturated heterocycles. The van der Waals surface area contributed by atoms with Crippen LogP contribution in [0, 0.1) is 0 Å². The van der Waals surface area contributed by atoms with E-state index in [1.54, 1.807) is 24.3 Å². The lowest BCUT2D eigenvalue weighted by atomic mass is 10.2. The van der Waals surface area contributed by atoms with E-state index in [4.69, 9.17) is 0 Å². The monoisotopic (exact) mass is 361 g/mol. The number of hydrogen-bond donors (Lipinski definition) is 0. The highest BCUT2D eigenvalue weighted by Crippen LogP contribution is 2.16. The Labute approximate surface area is 138 Å². The minimum atomic E-state index is -3.51. The Kier molecular flexibility index (Phi) is 5.79. The Balaban J connectivity index is 2.08. The molecule has 9 heteroatoms. The van der Waals surface area contributed by atoms with Gasteiger partial charge in [-0.15, -0.1) is 0 Å². The number of sulfonamides is 1. The molecule has 0 saturated carbocycles. The topological polar surface area (TPSA) is 78.0 Å². The molecule has 0 aliphatic carbocycles. The summed E-state index contributed by atoms with van der Waals surface area (Å²) in [5.74, 6) is -0.0612. The van der Waals surface area contributed by atoms with Crippen LogP contribution in [0.1, 0.15) is 12.0 Å². The normalized spacial score (nSPS) is 18.9. The van der Waals surface area contributed by atoms with Crippen LogP contribution in [-0.4, -0.2) is 70.0 Å². The van der Waals surface area contributed by atoms with Gasteiger partial charge in [-0.05, 0) is 12.0 Å². The third-order valence-corrected chi connectivity index (χ3v) is 7.58. The Morgan fingerprint density at radius 3 is 2.09 bits per heavy atom. The van der Waals surface area contributed by atoms with Crippen LogP contribution < -0.4 is 0 Å². The zero-order valence-electron chi connectivity index (χ0n) is 13.4. The predicted octanol–water partition coefficient (Wildman–Crippen LogP) is 0.331. The van der Waals surface area contributed by atoms with Crippen LogP contribution in [0.4, 0.5) is 0 Å². The molecule has 130 valence electrons. The molecule has 0 N–H and O–H groups in total. The summed E-state index contributed by atoms with van der Waals surface area (Å²) in [5.41, 5.74) is 0.731. The first kappa shape index (κ1) is 18.3. The van der Waals surface area contributed by atoms with Crippen LogP contribution in [0.25, 0.3) is 0 Å². The summed E-state index contributed by atoms with van der Waals surface area (Å²) in [6.45, 7) is 1.03. The van der Waals surface area contributed by atoms with Crippen molar-refractivity contribution in [3.63, 3.8) is 0 Å². The third-order valence-electron chi connectivity index (χ3n) is 3.79. The van der Waals surface area contributed by atoms with Crippen molar-refractivity contribution in [2.45, 2.75) is 12.2 Å². The third kappa shape index (κ3) is 4.51. The minimum absolute atomic E-state index is 0.0612. The molecule has 1 aromatic rings. The first-order valence-electron chi connectivity index (χ1n) is 7.43. The zero-order valence-corrected chi connectivity index (χ0v) is 15.1. The molecule has 0 bridgehead atoms. The highest BCUT2D eigenvalue weighted by Gasteiger charge is 2.30. The minimum Gasteiger partial charge on any atom is -0.212 e. The smallest absolute Gasteiger partial charge is 0.212 e. The van der Waals surface area contributed by atoms with E-state index in [2.05, 4.69) is 0 Å². The van der Waals surface area contributed by atoms with E-state index in [9.17, 15) is 16.8 Å². The molecular weight excluding hydrogens is 338 g/mol. The predicted molar refractivity (Wildman–Crippen MR) is 89.4 cm³/mol. The lowest BCUT2D eigenvalue weighted by molar-refractivity contribution is 0.378. The number of rotatable bonds is 5. The van der Waals surface area contributed by atoms with Gasteiger partial charge in [0, 0.05) is 40.3 Å². The van der Waals surface area contributed by atoms with Gasteiger partial charge in [-0.2, -0.15) is 17.0 Å². The van der Waals surface area contributed by atoms with Crippen molar-refractivity contribution in [2.24, 2.45) is 0 Å². The van der Waals surface area contributed by atoms with E-state index in [0.717, 1.165) is 9.87 Å². The summed E-state index contributed by atoms with van der Waals surface area (Å²) in [4.78, 5) is 0. The number of benzene rings is 1. The van der Waals surface area contributed by atoms with Crippen LogP contribution in [-0.2, 0) is 26.0 Å². The van der Waals surface area contributed by atoms with Crippen LogP contribution in [0.5, 0.6) is 0 Å². The number of hydrogen-bond acceptors (Lipinski definition) is 4. The van der Waals surface area contributed by atoms with Crippen LogP contribution in [0.3, 0.4) is 0 Å². The molecule has 1 heterocycles. The summed E-state index contributed by atoms with van der Waals surface area (Å²) in [6, 6.07) is 9.00. The second-order valence-corrected chi connectivity index (χ2v) is 9.79. The first-order valence-corrected chi connectivity index (χ1v) is 10.4. The fourth-order valence-electron chi connectivity index (χ4n) is 2.49. The van der Waals surface area contributed by atoms with Gasteiger partial charge in [-0.3, -0.25) is 0 Å². The van der Waals surface area contributed by atoms with Gasteiger partial charge in [0.05, 0.1) is 5.75 Å². The van der Waals surface area contributed by atoms with Gasteiger partial charge in [0.1, 0.15) is 0 Å². The molecular formula is C14H23N3O4S2. The Bertz CT molecular complexity index is 718. The SMILES string of the molecule is CN(C)S(=O)(=O)N1CCCN(S(=O)(=O)Cc2ccccc2)CC1. The summed E-state index contributed by atoms with van der Waals surface area (Å²) in [7, 11) is -4.00. The maximum absolute atomic E-state index is 12.5. The second-order valence-electron chi connectivity index (χ2n) is 5.68. The Morgan fingerprint density at radius 1 is 0.913 bits per heavy atom. The van der Waals surface area contributed by atoms with E-state index >= 15 is 0 Å². The molecule has 1 fully saturated rings. The average Bonchev–Trinajstić information content (AvgIpc) is 2.74. The van der Waals surface area contributed by atoms with Crippen molar-refractivity contribution in [3.05, 3.63) is 35.9 Å². The molecule has 0 amide bonds. The van der Waals surface area contributed by atoms with Gasteiger partial charge in [0.2, 0.25) is 10.0 Å². The van der Waals surface area contributed by atoms with E-state index in [1.165, 1.54) is 22.7 Å².